The van der Waals surface area contributed by atoms with Crippen molar-refractivity contribution in [3.8, 4) is 0 Å². The summed E-state index contributed by atoms with van der Waals surface area (Å²) in [6.07, 6.45) is 2.50. The van der Waals surface area contributed by atoms with E-state index in [1.54, 1.807) is 4.57 Å². The molecule has 1 saturated heterocycles. The molecule has 3 rings (SSSR count). The van der Waals surface area contributed by atoms with Gasteiger partial charge in [0.05, 0.1) is 5.52 Å². The molecule has 3 nitrogen and oxygen atoms in total. The van der Waals surface area contributed by atoms with Crippen LogP contribution in [-0.4, -0.2) is 34.1 Å². The number of nitrogens with one attached hydrogen (secondary N) is 1. The normalized spacial score (nSPS) is 17.7. The molecule has 1 aromatic heterocycles. The maximum absolute atomic E-state index is 14.1. The molecule has 2 aromatic rings. The number of nitrogens with zero attached hydrogens (tertiary/aromatic N) is 2. The summed E-state index contributed by atoms with van der Waals surface area (Å²) in [6, 6.07) is 2.66. The molecule has 1 atom stereocenters. The molecular weight excluding hydrogens is 292 g/mol. The number of rotatable bonds is 4. The van der Waals surface area contributed by atoms with Gasteiger partial charge in [-0.1, -0.05) is 6.92 Å². The van der Waals surface area contributed by atoms with Crippen LogP contribution in [0.1, 0.15) is 19.8 Å². The summed E-state index contributed by atoms with van der Waals surface area (Å²) in [5.41, 5.74) is 0.792. The van der Waals surface area contributed by atoms with Gasteiger partial charge < -0.3 is 14.5 Å². The van der Waals surface area contributed by atoms with Crippen molar-refractivity contribution in [2.75, 3.05) is 19.6 Å². The summed E-state index contributed by atoms with van der Waals surface area (Å²) in [5, 5.41) is 0. The van der Waals surface area contributed by atoms with E-state index in [2.05, 4.69) is 16.8 Å². The molecule has 1 aliphatic rings. The van der Waals surface area contributed by atoms with Crippen molar-refractivity contribution in [2.45, 2.75) is 26.3 Å². The molecule has 0 saturated carbocycles. The van der Waals surface area contributed by atoms with E-state index in [1.165, 1.54) is 18.9 Å². The lowest BCUT2D eigenvalue weighted by Gasteiger charge is -2.20. The van der Waals surface area contributed by atoms with Crippen LogP contribution in [0.15, 0.2) is 12.1 Å². The first-order valence-electron chi connectivity index (χ1n) is 7.35. The number of hydrogen-bond acceptors (Lipinski definition) is 2. The number of likely N-dealkylation sites (tertiary alicyclic amines) is 1. The highest BCUT2D eigenvalue weighted by molar-refractivity contribution is 7.71. The van der Waals surface area contributed by atoms with Gasteiger partial charge in [-0.05, 0) is 56.2 Å². The Kier molecular flexibility index (Phi) is 4.08. The molecule has 0 amide bonds. The third kappa shape index (κ3) is 2.87. The van der Waals surface area contributed by atoms with Crippen molar-refractivity contribution in [3.63, 3.8) is 0 Å². The van der Waals surface area contributed by atoms with Gasteiger partial charge in [0.15, 0.2) is 16.4 Å². The molecule has 0 spiro atoms. The monoisotopic (exact) mass is 311 g/mol. The Balaban J connectivity index is 1.87. The van der Waals surface area contributed by atoms with Gasteiger partial charge in [-0.25, -0.2) is 8.78 Å². The van der Waals surface area contributed by atoms with Gasteiger partial charge in [0.2, 0.25) is 0 Å². The van der Waals surface area contributed by atoms with E-state index in [0.717, 1.165) is 25.7 Å². The van der Waals surface area contributed by atoms with Gasteiger partial charge in [-0.15, -0.1) is 0 Å². The van der Waals surface area contributed by atoms with Crippen molar-refractivity contribution in [1.82, 2.24) is 14.5 Å². The topological polar surface area (TPSA) is 24.0 Å². The second-order valence-electron chi connectivity index (χ2n) is 5.91. The first kappa shape index (κ1) is 14.7. The molecule has 114 valence electrons. The number of aromatic amines is 1. The van der Waals surface area contributed by atoms with Crippen LogP contribution in [0.5, 0.6) is 0 Å². The van der Waals surface area contributed by atoms with Crippen LogP contribution in [-0.2, 0) is 6.54 Å². The highest BCUT2D eigenvalue weighted by atomic mass is 32.1. The SMILES string of the molecule is CC(CN1CCCC1)Cn1c(=S)[nH]c2ccc(F)c(F)c21. The average Bonchev–Trinajstić information content (AvgIpc) is 3.04. The van der Waals surface area contributed by atoms with Crippen molar-refractivity contribution < 1.29 is 8.78 Å². The van der Waals surface area contributed by atoms with Gasteiger partial charge in [0.25, 0.3) is 0 Å². The number of benzene rings is 1. The van der Waals surface area contributed by atoms with Crippen LogP contribution in [0.25, 0.3) is 11.0 Å². The molecule has 1 fully saturated rings. The van der Waals surface area contributed by atoms with Crippen LogP contribution in [0.4, 0.5) is 8.78 Å². The predicted molar refractivity (Wildman–Crippen MR) is 81.9 cm³/mol. The van der Waals surface area contributed by atoms with E-state index >= 15 is 0 Å². The van der Waals surface area contributed by atoms with Gasteiger partial charge in [-0.2, -0.15) is 0 Å². The smallest absolute Gasteiger partial charge is 0.184 e. The maximum Gasteiger partial charge on any atom is 0.184 e. The zero-order valence-corrected chi connectivity index (χ0v) is 12.8. The lowest BCUT2D eigenvalue weighted by molar-refractivity contribution is 0.272. The molecule has 6 heteroatoms. The minimum absolute atomic E-state index is 0.244. The molecule has 1 aromatic carbocycles. The first-order chi connectivity index (χ1) is 10.1. The number of aromatic nitrogens is 2. The molecule has 0 bridgehead atoms. The Labute approximate surface area is 127 Å². The first-order valence-corrected chi connectivity index (χ1v) is 7.76. The third-order valence-electron chi connectivity index (χ3n) is 4.09. The number of H-pyrrole nitrogens is 1. The molecular formula is C15H19F2N3S. The van der Waals surface area contributed by atoms with Gasteiger partial charge in [0.1, 0.15) is 5.52 Å². The zero-order chi connectivity index (χ0) is 15.0. The van der Waals surface area contributed by atoms with Crippen LogP contribution in [0.2, 0.25) is 0 Å². The molecule has 0 aliphatic carbocycles. The molecule has 2 heterocycles. The van der Waals surface area contributed by atoms with E-state index < -0.39 is 11.6 Å². The van der Waals surface area contributed by atoms with E-state index in [9.17, 15) is 8.78 Å². The fraction of sp³-hybridized carbons (Fsp3) is 0.533. The lowest BCUT2D eigenvalue weighted by atomic mass is 10.1. The van der Waals surface area contributed by atoms with Crippen molar-refractivity contribution in [1.29, 1.82) is 0 Å². The van der Waals surface area contributed by atoms with Crippen LogP contribution in [0, 0.1) is 22.3 Å². The van der Waals surface area contributed by atoms with Crippen molar-refractivity contribution >= 4 is 23.3 Å². The van der Waals surface area contributed by atoms with Crippen molar-refractivity contribution in [3.05, 3.63) is 28.5 Å². The number of fused-ring (bicyclic) bond motifs is 1. The Hall–Kier alpha value is -1.27. The Bertz CT molecular complexity index is 701. The summed E-state index contributed by atoms with van der Waals surface area (Å²) in [7, 11) is 0. The van der Waals surface area contributed by atoms with Crippen LogP contribution >= 0.6 is 12.2 Å². The summed E-state index contributed by atoms with van der Waals surface area (Å²) in [4.78, 5) is 5.37. The molecule has 1 aliphatic heterocycles. The number of halogens is 2. The largest absolute Gasteiger partial charge is 0.330 e. The predicted octanol–water partition coefficient (Wildman–Crippen LogP) is 3.71. The Morgan fingerprint density at radius 2 is 1.95 bits per heavy atom. The fourth-order valence-electron chi connectivity index (χ4n) is 3.14. The van der Waals surface area contributed by atoms with Gasteiger partial charge >= 0.3 is 0 Å². The van der Waals surface area contributed by atoms with Crippen LogP contribution < -0.4 is 0 Å². The molecule has 1 N–H and O–H groups in total. The second kappa shape index (κ2) is 5.85. The number of imidazole rings is 1. The highest BCUT2D eigenvalue weighted by Crippen LogP contribution is 2.22. The maximum atomic E-state index is 14.1. The summed E-state index contributed by atoms with van der Waals surface area (Å²) >= 11 is 5.26. The van der Waals surface area contributed by atoms with Gasteiger partial charge in [0, 0.05) is 13.1 Å². The molecule has 1 unspecified atom stereocenters. The summed E-state index contributed by atoms with van der Waals surface area (Å²) in [5.74, 6) is -1.33. The third-order valence-corrected chi connectivity index (χ3v) is 4.41. The molecule has 21 heavy (non-hydrogen) atoms. The van der Waals surface area contributed by atoms with Crippen molar-refractivity contribution in [2.24, 2.45) is 5.92 Å². The molecule has 0 radical (unpaired) electrons. The Morgan fingerprint density at radius 1 is 1.24 bits per heavy atom. The number of hydrogen-bond donors (Lipinski definition) is 1. The van der Waals surface area contributed by atoms with E-state index in [-0.39, 0.29) is 5.52 Å². The van der Waals surface area contributed by atoms with Gasteiger partial charge in [-0.3, -0.25) is 0 Å². The fourth-order valence-corrected chi connectivity index (χ4v) is 3.41. The summed E-state index contributed by atoms with van der Waals surface area (Å²) < 4.78 is 29.6. The minimum Gasteiger partial charge on any atom is -0.330 e. The zero-order valence-electron chi connectivity index (χ0n) is 12.0. The second-order valence-corrected chi connectivity index (χ2v) is 6.30. The minimum atomic E-state index is -0.836. The lowest BCUT2D eigenvalue weighted by Crippen LogP contribution is -2.27. The quantitative estimate of drug-likeness (QED) is 0.870. The van der Waals surface area contributed by atoms with E-state index in [0.29, 0.717) is 22.8 Å². The summed E-state index contributed by atoms with van der Waals surface area (Å²) in [6.45, 7) is 5.94. The Morgan fingerprint density at radius 3 is 2.67 bits per heavy atom. The van der Waals surface area contributed by atoms with E-state index in [1.807, 2.05) is 0 Å². The van der Waals surface area contributed by atoms with Crippen LogP contribution in [0.3, 0.4) is 0 Å². The highest BCUT2D eigenvalue weighted by Gasteiger charge is 2.18. The standard InChI is InChI=1S/C15H19F2N3S/c1-10(8-19-6-2-3-7-19)9-20-14-12(18-15(20)21)5-4-11(16)13(14)17/h4-5,10H,2-3,6-9H2,1H3,(H,18,21). The van der Waals surface area contributed by atoms with E-state index in [4.69, 9.17) is 12.2 Å². The average molecular weight is 311 g/mol.